The van der Waals surface area contributed by atoms with Crippen LogP contribution in [0.15, 0.2) is 53.3 Å². The number of hydrogen-bond acceptors (Lipinski definition) is 4. The number of ether oxygens (including phenoxy) is 1. The van der Waals surface area contributed by atoms with E-state index in [1.807, 2.05) is 12.1 Å². The van der Waals surface area contributed by atoms with E-state index < -0.39 is 11.8 Å². The third-order valence-electron chi connectivity index (χ3n) is 4.36. The second-order valence-electron chi connectivity index (χ2n) is 6.35. The van der Waals surface area contributed by atoms with Gasteiger partial charge in [0.15, 0.2) is 0 Å². The van der Waals surface area contributed by atoms with Gasteiger partial charge in [0.2, 0.25) is 5.88 Å². The number of carbonyl (C=O) groups is 1. The summed E-state index contributed by atoms with van der Waals surface area (Å²) in [5.41, 5.74) is 1.22. The van der Waals surface area contributed by atoms with Crippen LogP contribution in [0, 0.1) is 0 Å². The Kier molecular flexibility index (Phi) is 4.80. The minimum absolute atomic E-state index is 0.00464. The van der Waals surface area contributed by atoms with Crippen molar-refractivity contribution in [2.24, 2.45) is 0 Å². The van der Waals surface area contributed by atoms with Crippen LogP contribution in [0.1, 0.15) is 42.6 Å². The van der Waals surface area contributed by atoms with Gasteiger partial charge in [0.1, 0.15) is 5.56 Å². The maximum absolute atomic E-state index is 13.0. The third-order valence-corrected chi connectivity index (χ3v) is 4.36. The highest BCUT2D eigenvalue weighted by molar-refractivity contribution is 6.06. The van der Waals surface area contributed by atoms with E-state index in [4.69, 9.17) is 4.74 Å². The van der Waals surface area contributed by atoms with E-state index in [1.165, 1.54) is 0 Å². The molecule has 5 heteroatoms. The van der Waals surface area contributed by atoms with Crippen molar-refractivity contribution >= 4 is 16.7 Å². The van der Waals surface area contributed by atoms with Gasteiger partial charge in [-0.1, -0.05) is 44.2 Å². The van der Waals surface area contributed by atoms with Gasteiger partial charge in [0.25, 0.3) is 5.56 Å². The molecular weight excluding hydrogens is 330 g/mol. The average molecular weight is 351 g/mol. The Hall–Kier alpha value is -3.08. The topological polar surface area (TPSA) is 68.5 Å². The van der Waals surface area contributed by atoms with Crippen LogP contribution in [0.4, 0.5) is 0 Å². The molecule has 0 unspecified atom stereocenters. The quantitative estimate of drug-likeness (QED) is 0.722. The summed E-state index contributed by atoms with van der Waals surface area (Å²) in [5, 5.41) is 11.5. The predicted octanol–water partition coefficient (Wildman–Crippen LogP) is 4.00. The zero-order chi connectivity index (χ0) is 18.8. The van der Waals surface area contributed by atoms with Crippen LogP contribution in [0.3, 0.4) is 0 Å². The molecule has 0 atom stereocenters. The minimum atomic E-state index is -0.659. The Morgan fingerprint density at radius 1 is 1.08 bits per heavy atom. The molecule has 5 nitrogen and oxygen atoms in total. The largest absolute Gasteiger partial charge is 0.493 e. The summed E-state index contributed by atoms with van der Waals surface area (Å²) >= 11 is 0. The number of fused-ring (bicyclic) bond motifs is 1. The summed E-state index contributed by atoms with van der Waals surface area (Å²) in [6.45, 7) is 6.02. The van der Waals surface area contributed by atoms with Crippen molar-refractivity contribution in [2.75, 3.05) is 6.61 Å². The van der Waals surface area contributed by atoms with Gasteiger partial charge in [-0.3, -0.25) is 4.79 Å². The highest BCUT2D eigenvalue weighted by Crippen LogP contribution is 2.28. The minimum Gasteiger partial charge on any atom is -0.493 e. The highest BCUT2D eigenvalue weighted by Gasteiger charge is 2.23. The lowest BCUT2D eigenvalue weighted by Gasteiger charge is -2.15. The van der Waals surface area contributed by atoms with Crippen LogP contribution in [-0.2, 0) is 4.74 Å². The molecule has 134 valence electrons. The molecule has 3 aromatic rings. The molecule has 26 heavy (non-hydrogen) atoms. The Labute approximate surface area is 151 Å². The molecule has 0 aliphatic rings. The molecule has 0 bridgehead atoms. The molecule has 0 spiro atoms. The summed E-state index contributed by atoms with van der Waals surface area (Å²) < 4.78 is 6.24. The van der Waals surface area contributed by atoms with Crippen molar-refractivity contribution < 1.29 is 14.6 Å². The van der Waals surface area contributed by atoms with Gasteiger partial charge >= 0.3 is 5.97 Å². The number of carbonyl (C=O) groups excluding carboxylic acids is 1. The first-order valence-corrected chi connectivity index (χ1v) is 8.59. The van der Waals surface area contributed by atoms with Crippen LogP contribution in [-0.4, -0.2) is 22.2 Å². The van der Waals surface area contributed by atoms with E-state index in [0.717, 1.165) is 10.1 Å². The molecule has 0 saturated carbocycles. The molecule has 1 aromatic heterocycles. The molecule has 0 aliphatic heterocycles. The van der Waals surface area contributed by atoms with Crippen LogP contribution in [0.2, 0.25) is 0 Å². The van der Waals surface area contributed by atoms with Crippen LogP contribution < -0.4 is 5.56 Å². The maximum Gasteiger partial charge on any atom is 0.344 e. The summed E-state index contributed by atoms with van der Waals surface area (Å²) in [6, 6.07) is 14.1. The average Bonchev–Trinajstić information content (AvgIpc) is 2.62. The van der Waals surface area contributed by atoms with Gasteiger partial charge in [0, 0.05) is 10.8 Å². The highest BCUT2D eigenvalue weighted by atomic mass is 16.5. The Morgan fingerprint density at radius 3 is 2.27 bits per heavy atom. The molecule has 2 aromatic carbocycles. The number of nitrogens with zero attached hydrogens (tertiary/aromatic N) is 1. The normalized spacial score (nSPS) is 11.1. The number of aromatic hydroxyl groups is 1. The molecule has 0 aliphatic carbocycles. The zero-order valence-corrected chi connectivity index (χ0v) is 15.0. The van der Waals surface area contributed by atoms with Gasteiger partial charge < -0.3 is 9.84 Å². The lowest BCUT2D eigenvalue weighted by atomic mass is 10.0. The summed E-state index contributed by atoms with van der Waals surface area (Å²) in [7, 11) is 0. The monoisotopic (exact) mass is 351 g/mol. The lowest BCUT2D eigenvalue weighted by Crippen LogP contribution is -2.22. The third kappa shape index (κ3) is 2.96. The van der Waals surface area contributed by atoms with Crippen molar-refractivity contribution in [3.8, 4) is 11.6 Å². The first-order chi connectivity index (χ1) is 12.5. The number of hydrogen-bond donors (Lipinski definition) is 1. The van der Waals surface area contributed by atoms with Crippen LogP contribution >= 0.6 is 0 Å². The van der Waals surface area contributed by atoms with E-state index in [2.05, 4.69) is 13.8 Å². The fraction of sp³-hybridized carbons (Fsp3) is 0.238. The predicted molar refractivity (Wildman–Crippen MR) is 101 cm³/mol. The Balaban J connectivity index is 2.32. The molecule has 3 rings (SSSR count). The summed E-state index contributed by atoms with van der Waals surface area (Å²) in [6.07, 6.45) is 0. The van der Waals surface area contributed by atoms with Crippen molar-refractivity contribution in [3.05, 3.63) is 70.0 Å². The SMILES string of the molecule is CCOC(=O)c1c(O)n(-c2ccc(C(C)C)cc2)c(=O)c2ccccc12. The molecule has 0 fully saturated rings. The molecule has 1 N–H and O–H groups in total. The molecule has 0 radical (unpaired) electrons. The molecule has 0 amide bonds. The van der Waals surface area contributed by atoms with Gasteiger partial charge in [-0.25, -0.2) is 9.36 Å². The van der Waals surface area contributed by atoms with Crippen LogP contribution in [0.5, 0.6) is 5.88 Å². The van der Waals surface area contributed by atoms with Crippen molar-refractivity contribution in [1.82, 2.24) is 4.57 Å². The van der Waals surface area contributed by atoms with E-state index in [-0.39, 0.29) is 17.7 Å². The number of aromatic nitrogens is 1. The second-order valence-corrected chi connectivity index (χ2v) is 6.35. The standard InChI is InChI=1S/C21H21NO4/c1-4-26-21(25)18-16-7-5-6-8-17(16)19(23)22(20(18)24)15-11-9-14(10-12-15)13(2)3/h5-13,24H,4H2,1-3H3. The number of esters is 1. The van der Waals surface area contributed by atoms with Crippen molar-refractivity contribution in [2.45, 2.75) is 26.7 Å². The number of benzene rings is 2. The smallest absolute Gasteiger partial charge is 0.344 e. The Morgan fingerprint density at radius 2 is 1.69 bits per heavy atom. The van der Waals surface area contributed by atoms with E-state index >= 15 is 0 Å². The first kappa shape index (κ1) is 17.7. The lowest BCUT2D eigenvalue weighted by molar-refractivity contribution is 0.0524. The maximum atomic E-state index is 13.0. The number of rotatable bonds is 4. The molecule has 1 heterocycles. The van der Waals surface area contributed by atoms with Gasteiger partial charge in [-0.2, -0.15) is 0 Å². The van der Waals surface area contributed by atoms with E-state index in [0.29, 0.717) is 22.4 Å². The molecular formula is C21H21NO4. The van der Waals surface area contributed by atoms with E-state index in [9.17, 15) is 14.7 Å². The van der Waals surface area contributed by atoms with Crippen molar-refractivity contribution in [1.29, 1.82) is 0 Å². The number of pyridine rings is 1. The fourth-order valence-electron chi connectivity index (χ4n) is 2.99. The van der Waals surface area contributed by atoms with Crippen LogP contribution in [0.25, 0.3) is 16.5 Å². The van der Waals surface area contributed by atoms with E-state index in [1.54, 1.807) is 43.3 Å². The van der Waals surface area contributed by atoms with Gasteiger partial charge in [-0.05, 0) is 36.6 Å². The Bertz CT molecular complexity index is 1020. The summed E-state index contributed by atoms with van der Waals surface area (Å²) in [4.78, 5) is 25.4. The second kappa shape index (κ2) is 7.04. The van der Waals surface area contributed by atoms with Gasteiger partial charge in [0.05, 0.1) is 12.3 Å². The first-order valence-electron chi connectivity index (χ1n) is 8.59. The van der Waals surface area contributed by atoms with Crippen molar-refractivity contribution in [3.63, 3.8) is 0 Å². The zero-order valence-electron chi connectivity index (χ0n) is 15.0. The molecule has 0 saturated heterocycles. The summed E-state index contributed by atoms with van der Waals surface area (Å²) in [5.74, 6) is -0.723. The fourth-order valence-corrected chi connectivity index (χ4v) is 2.99. The van der Waals surface area contributed by atoms with Gasteiger partial charge in [-0.15, -0.1) is 0 Å².